The molecular weight excluding hydrogens is 278 g/mol. The van der Waals surface area contributed by atoms with Gasteiger partial charge in [-0.1, -0.05) is 18.5 Å². The Kier molecular flexibility index (Phi) is 3.78. The first kappa shape index (κ1) is 14.9. The molecule has 20 heavy (non-hydrogen) atoms. The highest BCUT2D eigenvalue weighted by atomic mass is 35.5. The van der Waals surface area contributed by atoms with Crippen molar-refractivity contribution in [1.29, 1.82) is 0 Å². The Morgan fingerprint density at radius 2 is 2.00 bits per heavy atom. The van der Waals surface area contributed by atoms with E-state index in [1.807, 2.05) is 6.92 Å². The molecule has 0 saturated carbocycles. The van der Waals surface area contributed by atoms with Crippen LogP contribution in [0.15, 0.2) is 12.1 Å². The molecule has 1 heterocycles. The molecule has 1 aliphatic rings. The van der Waals surface area contributed by atoms with E-state index in [0.717, 1.165) is 5.56 Å². The summed E-state index contributed by atoms with van der Waals surface area (Å²) in [4.78, 5) is 24.7. The molecule has 108 valence electrons. The summed E-state index contributed by atoms with van der Waals surface area (Å²) >= 11 is 6.05. The summed E-state index contributed by atoms with van der Waals surface area (Å²) in [7, 11) is 1.51. The van der Waals surface area contributed by atoms with Crippen LogP contribution in [0.3, 0.4) is 0 Å². The van der Waals surface area contributed by atoms with E-state index in [9.17, 15) is 9.59 Å². The molecule has 0 spiro atoms. The van der Waals surface area contributed by atoms with Crippen molar-refractivity contribution in [1.82, 2.24) is 5.32 Å². The number of carbonyl (C=O) groups excluding carboxylic acids is 2. The first-order valence-electron chi connectivity index (χ1n) is 6.54. The van der Waals surface area contributed by atoms with Gasteiger partial charge in [-0.3, -0.25) is 9.59 Å². The van der Waals surface area contributed by atoms with Gasteiger partial charge >= 0.3 is 0 Å². The van der Waals surface area contributed by atoms with E-state index >= 15 is 0 Å². The Morgan fingerprint density at radius 1 is 1.35 bits per heavy atom. The molecule has 1 fully saturated rings. The molecule has 0 radical (unpaired) electrons. The number of ether oxygens (including phenoxy) is 1. The van der Waals surface area contributed by atoms with Crippen LogP contribution in [0.1, 0.15) is 37.8 Å². The number of carbonyl (C=O) groups is 2. The van der Waals surface area contributed by atoms with Crippen molar-refractivity contribution in [3.8, 4) is 5.75 Å². The number of hydrogen-bond donors (Lipinski definition) is 1. The van der Waals surface area contributed by atoms with Gasteiger partial charge in [-0.25, -0.2) is 0 Å². The molecular formula is C15H18ClNO3. The Hall–Kier alpha value is -1.55. The zero-order chi connectivity index (χ0) is 15.1. The number of methoxy groups -OCH3 is 1. The second-order valence-corrected chi connectivity index (χ2v) is 5.88. The predicted octanol–water partition coefficient (Wildman–Crippen LogP) is 2.47. The third-order valence-electron chi connectivity index (χ3n) is 3.66. The Morgan fingerprint density at radius 3 is 2.45 bits per heavy atom. The zero-order valence-corrected chi connectivity index (χ0v) is 12.8. The van der Waals surface area contributed by atoms with Crippen molar-refractivity contribution in [2.24, 2.45) is 0 Å². The van der Waals surface area contributed by atoms with Crippen molar-refractivity contribution in [2.75, 3.05) is 7.11 Å². The van der Waals surface area contributed by atoms with E-state index in [4.69, 9.17) is 16.3 Å². The number of amides is 1. The lowest BCUT2D eigenvalue weighted by Crippen LogP contribution is -2.39. The Balaban J connectivity index is 2.63. The minimum Gasteiger partial charge on any atom is -0.496 e. The van der Waals surface area contributed by atoms with Gasteiger partial charge in [-0.2, -0.15) is 0 Å². The van der Waals surface area contributed by atoms with Gasteiger partial charge in [0.15, 0.2) is 5.78 Å². The molecule has 0 aliphatic carbocycles. The lowest BCUT2D eigenvalue weighted by Gasteiger charge is -2.18. The summed E-state index contributed by atoms with van der Waals surface area (Å²) in [5.74, 6) is -0.763. The molecule has 1 N–H and O–H groups in total. The van der Waals surface area contributed by atoms with Crippen LogP contribution in [0.2, 0.25) is 5.02 Å². The highest BCUT2D eigenvalue weighted by Gasteiger charge is 2.48. The SMILES string of the molecule is CCc1cc(Cl)cc(OC)c1C1C(=O)NC(C)(C)C1=O. The second-order valence-electron chi connectivity index (χ2n) is 5.45. The van der Waals surface area contributed by atoms with Gasteiger partial charge in [0.1, 0.15) is 11.7 Å². The van der Waals surface area contributed by atoms with Crippen molar-refractivity contribution < 1.29 is 14.3 Å². The van der Waals surface area contributed by atoms with E-state index < -0.39 is 11.5 Å². The number of benzene rings is 1. The van der Waals surface area contributed by atoms with Crippen molar-refractivity contribution >= 4 is 23.3 Å². The summed E-state index contributed by atoms with van der Waals surface area (Å²) in [5, 5.41) is 3.27. The monoisotopic (exact) mass is 295 g/mol. The van der Waals surface area contributed by atoms with Crippen molar-refractivity contribution in [3.05, 3.63) is 28.3 Å². The Bertz CT molecular complexity index is 555. The smallest absolute Gasteiger partial charge is 0.236 e. The summed E-state index contributed by atoms with van der Waals surface area (Å²) in [5.41, 5.74) is 0.644. The molecule has 1 aromatic rings. The standard InChI is InChI=1S/C15H18ClNO3/c1-5-8-6-9(16)7-10(20-4)11(8)12-13(18)15(2,3)17-14(12)19/h6-7,12H,5H2,1-4H3,(H,17,19). The maximum Gasteiger partial charge on any atom is 0.236 e. The lowest BCUT2D eigenvalue weighted by atomic mass is 9.85. The maximum atomic E-state index is 12.5. The lowest BCUT2D eigenvalue weighted by molar-refractivity contribution is -0.125. The molecule has 1 atom stereocenters. The minimum absolute atomic E-state index is 0.141. The van der Waals surface area contributed by atoms with Crippen LogP contribution in [-0.4, -0.2) is 24.3 Å². The van der Waals surface area contributed by atoms with E-state index in [-0.39, 0.29) is 11.7 Å². The van der Waals surface area contributed by atoms with Gasteiger partial charge in [-0.15, -0.1) is 0 Å². The summed E-state index contributed by atoms with van der Waals surface area (Å²) in [6, 6.07) is 3.42. The van der Waals surface area contributed by atoms with Crippen molar-refractivity contribution in [2.45, 2.75) is 38.6 Å². The van der Waals surface area contributed by atoms with Crippen molar-refractivity contribution in [3.63, 3.8) is 0 Å². The van der Waals surface area contributed by atoms with Gasteiger partial charge in [0.2, 0.25) is 5.91 Å². The maximum absolute atomic E-state index is 12.5. The second kappa shape index (κ2) is 5.09. The Labute approximate surface area is 123 Å². The van der Waals surface area contributed by atoms with E-state index in [1.165, 1.54) is 7.11 Å². The van der Waals surface area contributed by atoms with Gasteiger partial charge < -0.3 is 10.1 Å². The molecule has 1 amide bonds. The molecule has 1 unspecified atom stereocenters. The van der Waals surface area contributed by atoms with E-state index in [0.29, 0.717) is 22.8 Å². The molecule has 5 heteroatoms. The fraction of sp³-hybridized carbons (Fsp3) is 0.467. The third-order valence-corrected chi connectivity index (χ3v) is 3.88. The minimum atomic E-state index is -0.850. The molecule has 2 rings (SSSR count). The highest BCUT2D eigenvalue weighted by molar-refractivity contribution is 6.31. The van der Waals surface area contributed by atoms with Gasteiger partial charge in [0.25, 0.3) is 0 Å². The molecule has 1 saturated heterocycles. The topological polar surface area (TPSA) is 55.4 Å². The molecule has 0 aromatic heterocycles. The number of hydrogen-bond acceptors (Lipinski definition) is 3. The number of rotatable bonds is 3. The van der Waals surface area contributed by atoms with Crippen LogP contribution < -0.4 is 10.1 Å². The fourth-order valence-corrected chi connectivity index (χ4v) is 2.85. The van der Waals surface area contributed by atoms with Crippen LogP contribution in [0, 0.1) is 0 Å². The fourth-order valence-electron chi connectivity index (χ4n) is 2.62. The largest absolute Gasteiger partial charge is 0.496 e. The summed E-state index contributed by atoms with van der Waals surface area (Å²) < 4.78 is 5.33. The zero-order valence-electron chi connectivity index (χ0n) is 12.0. The molecule has 1 aliphatic heterocycles. The van der Waals surface area contributed by atoms with Crippen LogP contribution in [-0.2, 0) is 16.0 Å². The van der Waals surface area contributed by atoms with E-state index in [2.05, 4.69) is 5.32 Å². The predicted molar refractivity (Wildman–Crippen MR) is 77.4 cm³/mol. The first-order chi connectivity index (χ1) is 9.31. The van der Waals surface area contributed by atoms with Crippen LogP contribution in [0.5, 0.6) is 5.75 Å². The average molecular weight is 296 g/mol. The first-order valence-corrected chi connectivity index (χ1v) is 6.92. The van der Waals surface area contributed by atoms with Gasteiger partial charge in [-0.05, 0) is 38.0 Å². The number of nitrogens with one attached hydrogen (secondary N) is 1. The van der Waals surface area contributed by atoms with Gasteiger partial charge in [0.05, 0.1) is 12.6 Å². The number of aryl methyl sites for hydroxylation is 1. The quantitative estimate of drug-likeness (QED) is 0.872. The third kappa shape index (κ3) is 2.29. The van der Waals surface area contributed by atoms with Crippen LogP contribution >= 0.6 is 11.6 Å². The van der Waals surface area contributed by atoms with Crippen LogP contribution in [0.25, 0.3) is 0 Å². The summed E-state index contributed by atoms with van der Waals surface area (Å²) in [6.45, 7) is 5.37. The molecule has 0 bridgehead atoms. The number of Topliss-reactive ketones (excluding diaryl/α,β-unsaturated/α-hetero) is 1. The van der Waals surface area contributed by atoms with Gasteiger partial charge in [0, 0.05) is 10.6 Å². The molecule has 4 nitrogen and oxygen atoms in total. The summed E-state index contributed by atoms with van der Waals surface area (Å²) in [6.07, 6.45) is 0.670. The van der Waals surface area contributed by atoms with E-state index in [1.54, 1.807) is 26.0 Å². The molecule has 1 aromatic carbocycles. The number of ketones is 1. The normalized spacial score (nSPS) is 20.9. The highest BCUT2D eigenvalue weighted by Crippen LogP contribution is 2.38. The number of halogens is 1. The average Bonchev–Trinajstić information content (AvgIpc) is 2.58. The van der Waals surface area contributed by atoms with Crippen LogP contribution in [0.4, 0.5) is 0 Å².